The zero-order chi connectivity index (χ0) is 19.2. The molecule has 3 N–H and O–H groups in total. The molecule has 0 spiro atoms. The number of nitrogens with one attached hydrogen (secondary N) is 1. The van der Waals surface area contributed by atoms with Gasteiger partial charge in [0.05, 0.1) is 30.8 Å². The molecule has 4 rings (SSSR count). The van der Waals surface area contributed by atoms with Crippen LogP contribution in [0.1, 0.15) is 40.4 Å². The van der Waals surface area contributed by atoms with Gasteiger partial charge in [0, 0.05) is 11.1 Å². The maximum absolute atomic E-state index is 13.6. The molecular formula is C18H18F3N3O3. The number of nitrogens with zero attached hydrogens (tertiary/aromatic N) is 1. The summed E-state index contributed by atoms with van der Waals surface area (Å²) < 4.78 is 51.2. The predicted molar refractivity (Wildman–Crippen MR) is 91.2 cm³/mol. The van der Waals surface area contributed by atoms with Crippen molar-refractivity contribution in [2.45, 2.75) is 31.2 Å². The van der Waals surface area contributed by atoms with Gasteiger partial charge in [0.2, 0.25) is 0 Å². The Balaban J connectivity index is 1.70. The second-order valence-electron chi connectivity index (χ2n) is 6.71. The first-order chi connectivity index (χ1) is 12.8. The van der Waals surface area contributed by atoms with Gasteiger partial charge in [-0.1, -0.05) is 0 Å². The lowest BCUT2D eigenvalue weighted by molar-refractivity contribution is -0.136. The molecule has 27 heavy (non-hydrogen) atoms. The van der Waals surface area contributed by atoms with Crippen LogP contribution in [-0.2, 0) is 15.7 Å². The maximum atomic E-state index is 13.6. The van der Waals surface area contributed by atoms with Crippen LogP contribution in [0.25, 0.3) is 10.9 Å². The van der Waals surface area contributed by atoms with Crippen LogP contribution in [0.3, 0.4) is 0 Å². The first-order valence-electron chi connectivity index (χ1n) is 8.65. The number of nitrogen functional groups attached to an aromatic ring is 1. The van der Waals surface area contributed by atoms with Crippen molar-refractivity contribution in [1.82, 2.24) is 10.3 Å². The molecule has 9 heteroatoms. The number of carbonyl (C=O) groups excluding carboxylic acids is 1. The van der Waals surface area contributed by atoms with Crippen LogP contribution in [0, 0.1) is 0 Å². The molecule has 0 bridgehead atoms. The molecule has 1 aromatic carbocycles. The Morgan fingerprint density at radius 3 is 2.56 bits per heavy atom. The van der Waals surface area contributed by atoms with Crippen molar-refractivity contribution in [3.05, 3.63) is 35.0 Å². The molecule has 6 nitrogen and oxygen atoms in total. The van der Waals surface area contributed by atoms with Gasteiger partial charge in [0.15, 0.2) is 6.29 Å². The summed E-state index contributed by atoms with van der Waals surface area (Å²) in [5, 5.41) is 2.76. The Labute approximate surface area is 152 Å². The summed E-state index contributed by atoms with van der Waals surface area (Å²) in [6.45, 7) is 0.936. The van der Waals surface area contributed by atoms with Crippen molar-refractivity contribution < 1.29 is 27.4 Å². The summed E-state index contributed by atoms with van der Waals surface area (Å²) in [5.74, 6) is -0.508. The van der Waals surface area contributed by atoms with Gasteiger partial charge in [0.25, 0.3) is 5.91 Å². The number of ether oxygens (including phenoxy) is 2. The average Bonchev–Trinajstić information content (AvgIpc) is 3.34. The second-order valence-corrected chi connectivity index (χ2v) is 6.71. The van der Waals surface area contributed by atoms with E-state index in [1.165, 1.54) is 6.07 Å². The molecule has 1 aliphatic carbocycles. The predicted octanol–water partition coefficient (Wildman–Crippen LogP) is 2.82. The van der Waals surface area contributed by atoms with E-state index in [4.69, 9.17) is 15.2 Å². The highest BCUT2D eigenvalue weighted by Gasteiger charge is 2.36. The summed E-state index contributed by atoms with van der Waals surface area (Å²) in [7, 11) is 0. The number of rotatable bonds is 4. The molecule has 0 unspecified atom stereocenters. The fourth-order valence-electron chi connectivity index (χ4n) is 3.15. The maximum Gasteiger partial charge on any atom is 0.418 e. The molecule has 1 amide bonds. The SMILES string of the molecule is Nc1cc(C(=O)NCC2OCCO2)nc2c(C(F)(F)F)cc(C3CC3)cc12. The molecule has 2 aromatic rings. The van der Waals surface area contributed by atoms with Gasteiger partial charge in [-0.2, -0.15) is 13.2 Å². The third-order valence-corrected chi connectivity index (χ3v) is 4.67. The van der Waals surface area contributed by atoms with Gasteiger partial charge < -0.3 is 20.5 Å². The molecule has 1 aromatic heterocycles. The van der Waals surface area contributed by atoms with Gasteiger partial charge in [0.1, 0.15) is 5.69 Å². The van der Waals surface area contributed by atoms with Crippen LogP contribution in [-0.4, -0.2) is 36.9 Å². The minimum Gasteiger partial charge on any atom is -0.398 e. The molecule has 0 atom stereocenters. The lowest BCUT2D eigenvalue weighted by atomic mass is 10.00. The van der Waals surface area contributed by atoms with Crippen molar-refractivity contribution in [2.24, 2.45) is 0 Å². The van der Waals surface area contributed by atoms with Crippen molar-refractivity contribution in [1.29, 1.82) is 0 Å². The molecule has 2 heterocycles. The van der Waals surface area contributed by atoms with Gasteiger partial charge in [-0.05, 0) is 42.5 Å². The van der Waals surface area contributed by atoms with E-state index in [1.54, 1.807) is 6.07 Å². The van der Waals surface area contributed by atoms with E-state index >= 15 is 0 Å². The quantitative estimate of drug-likeness (QED) is 0.851. The topological polar surface area (TPSA) is 86.5 Å². The van der Waals surface area contributed by atoms with Gasteiger partial charge in [-0.3, -0.25) is 4.79 Å². The smallest absolute Gasteiger partial charge is 0.398 e. The highest BCUT2D eigenvalue weighted by atomic mass is 19.4. The number of hydrogen-bond acceptors (Lipinski definition) is 5. The molecular weight excluding hydrogens is 363 g/mol. The molecule has 2 aliphatic rings. The Bertz CT molecular complexity index is 891. The molecule has 144 valence electrons. The normalized spacial score (nSPS) is 18.2. The van der Waals surface area contributed by atoms with Crippen LogP contribution in [0.4, 0.5) is 18.9 Å². The fraction of sp³-hybridized carbons (Fsp3) is 0.444. The van der Waals surface area contributed by atoms with E-state index in [9.17, 15) is 18.0 Å². The molecule has 1 saturated carbocycles. The van der Waals surface area contributed by atoms with Gasteiger partial charge in [-0.15, -0.1) is 0 Å². The standard InChI is InChI=1S/C18H18F3N3O3/c19-18(20,21)12-6-10(9-1-2-9)5-11-13(22)7-14(24-16(11)12)17(25)23-8-15-26-3-4-27-15/h5-7,9,15H,1-4,8H2,(H2,22,24)(H,23,25). The van der Waals surface area contributed by atoms with Crippen molar-refractivity contribution in [3.8, 4) is 0 Å². The lowest BCUT2D eigenvalue weighted by Crippen LogP contribution is -2.33. The highest BCUT2D eigenvalue weighted by Crippen LogP contribution is 2.45. The summed E-state index contributed by atoms with van der Waals surface area (Å²) >= 11 is 0. The van der Waals surface area contributed by atoms with E-state index < -0.39 is 23.9 Å². The number of pyridine rings is 1. The minimum atomic E-state index is -4.59. The number of nitrogens with two attached hydrogens (primary N) is 1. The first kappa shape index (κ1) is 18.0. The molecule has 2 fully saturated rings. The van der Waals surface area contributed by atoms with Crippen LogP contribution in [0.15, 0.2) is 18.2 Å². The third-order valence-electron chi connectivity index (χ3n) is 4.67. The molecule has 0 radical (unpaired) electrons. The lowest BCUT2D eigenvalue weighted by Gasteiger charge is -2.15. The zero-order valence-corrected chi connectivity index (χ0v) is 14.3. The summed E-state index contributed by atoms with van der Waals surface area (Å²) in [4.78, 5) is 16.3. The van der Waals surface area contributed by atoms with Crippen LogP contribution >= 0.6 is 0 Å². The Morgan fingerprint density at radius 2 is 1.93 bits per heavy atom. The van der Waals surface area contributed by atoms with Crippen LogP contribution in [0.5, 0.6) is 0 Å². The van der Waals surface area contributed by atoms with Crippen molar-refractivity contribution in [3.63, 3.8) is 0 Å². The van der Waals surface area contributed by atoms with Gasteiger partial charge >= 0.3 is 6.18 Å². The fourth-order valence-corrected chi connectivity index (χ4v) is 3.15. The van der Waals surface area contributed by atoms with E-state index in [0.29, 0.717) is 18.8 Å². The number of halogens is 3. The second kappa shape index (κ2) is 6.65. The number of alkyl halides is 3. The first-order valence-corrected chi connectivity index (χ1v) is 8.65. The number of amides is 1. The number of carbonyl (C=O) groups is 1. The minimum absolute atomic E-state index is 0.0746. The van der Waals surface area contributed by atoms with Crippen LogP contribution < -0.4 is 11.1 Å². The molecule has 1 saturated heterocycles. The van der Waals surface area contributed by atoms with Crippen molar-refractivity contribution in [2.75, 3.05) is 25.5 Å². The van der Waals surface area contributed by atoms with Gasteiger partial charge in [-0.25, -0.2) is 4.98 Å². The zero-order valence-electron chi connectivity index (χ0n) is 14.3. The molecule has 1 aliphatic heterocycles. The van der Waals surface area contributed by atoms with E-state index in [1.807, 2.05) is 0 Å². The largest absolute Gasteiger partial charge is 0.418 e. The number of hydrogen-bond donors (Lipinski definition) is 2. The Hall–Kier alpha value is -2.39. The number of aromatic nitrogens is 1. The van der Waals surface area contributed by atoms with E-state index in [2.05, 4.69) is 10.3 Å². The van der Waals surface area contributed by atoms with Crippen LogP contribution in [0.2, 0.25) is 0 Å². The number of fused-ring (bicyclic) bond motifs is 1. The third kappa shape index (κ3) is 3.70. The van der Waals surface area contributed by atoms with Crippen molar-refractivity contribution >= 4 is 22.5 Å². The summed E-state index contributed by atoms with van der Waals surface area (Å²) in [5.41, 5.74) is 5.31. The monoisotopic (exact) mass is 381 g/mol. The Kier molecular flexibility index (Phi) is 4.43. The Morgan fingerprint density at radius 1 is 1.22 bits per heavy atom. The average molecular weight is 381 g/mol. The summed E-state index contributed by atoms with van der Waals surface area (Å²) in [6.07, 6.45) is -3.44. The highest BCUT2D eigenvalue weighted by molar-refractivity contribution is 6.00. The summed E-state index contributed by atoms with van der Waals surface area (Å²) in [6, 6.07) is 4.06. The number of anilines is 1. The van der Waals surface area contributed by atoms with E-state index in [-0.39, 0.29) is 34.7 Å². The van der Waals surface area contributed by atoms with E-state index in [0.717, 1.165) is 18.9 Å². The number of benzene rings is 1.